The topological polar surface area (TPSA) is 61.8 Å². The van der Waals surface area contributed by atoms with Crippen molar-refractivity contribution in [3.05, 3.63) is 29.8 Å². The minimum absolute atomic E-state index is 0.0643. The first-order valence-corrected chi connectivity index (χ1v) is 8.51. The molecule has 3 rings (SSSR count). The van der Waals surface area contributed by atoms with Crippen LogP contribution in [0.2, 0.25) is 0 Å². The van der Waals surface area contributed by atoms with Crippen LogP contribution in [0, 0.1) is 0 Å². The van der Waals surface area contributed by atoms with Crippen molar-refractivity contribution >= 4 is 5.91 Å². The molecule has 1 saturated heterocycles. The Morgan fingerprint density at radius 3 is 2.91 bits per heavy atom. The molecule has 0 bridgehead atoms. The number of nitrogens with one attached hydrogen (secondary N) is 1. The van der Waals surface area contributed by atoms with Gasteiger partial charge in [-0.3, -0.25) is 9.69 Å². The number of likely N-dealkylation sites (tertiary alicyclic amines) is 1. The molecule has 1 heterocycles. The van der Waals surface area contributed by atoms with E-state index in [-0.39, 0.29) is 18.1 Å². The van der Waals surface area contributed by atoms with E-state index in [1.54, 1.807) is 7.11 Å². The van der Waals surface area contributed by atoms with Gasteiger partial charge in [-0.1, -0.05) is 25.0 Å². The van der Waals surface area contributed by atoms with E-state index in [9.17, 15) is 9.90 Å². The zero-order valence-corrected chi connectivity index (χ0v) is 13.7. The smallest absolute Gasteiger partial charge is 0.234 e. The van der Waals surface area contributed by atoms with Gasteiger partial charge in [-0.05, 0) is 37.0 Å². The fraction of sp³-hybridized carbons (Fsp3) is 0.611. The van der Waals surface area contributed by atoms with E-state index < -0.39 is 0 Å². The van der Waals surface area contributed by atoms with E-state index in [1.165, 1.54) is 12.8 Å². The number of hydrogen-bond donors (Lipinski definition) is 2. The van der Waals surface area contributed by atoms with Crippen LogP contribution in [0.4, 0.5) is 0 Å². The fourth-order valence-corrected chi connectivity index (χ4v) is 3.78. The third-order valence-corrected chi connectivity index (χ3v) is 4.93. The molecular weight excluding hydrogens is 292 g/mol. The molecule has 0 radical (unpaired) electrons. The van der Waals surface area contributed by atoms with Gasteiger partial charge < -0.3 is 15.2 Å². The lowest BCUT2D eigenvalue weighted by Crippen LogP contribution is -2.41. The van der Waals surface area contributed by atoms with Gasteiger partial charge in [-0.15, -0.1) is 0 Å². The van der Waals surface area contributed by atoms with Crippen molar-refractivity contribution in [2.45, 2.75) is 50.3 Å². The number of rotatable bonds is 5. The summed E-state index contributed by atoms with van der Waals surface area (Å²) in [6, 6.07) is 8.29. The maximum Gasteiger partial charge on any atom is 0.234 e. The Balaban J connectivity index is 1.65. The molecule has 0 unspecified atom stereocenters. The number of benzene rings is 1. The maximum absolute atomic E-state index is 12.3. The Morgan fingerprint density at radius 2 is 2.17 bits per heavy atom. The Kier molecular flexibility index (Phi) is 5.18. The summed E-state index contributed by atoms with van der Waals surface area (Å²) in [5.41, 5.74) is 1.09. The number of carbonyl (C=O) groups is 1. The van der Waals surface area contributed by atoms with Crippen LogP contribution in [0.1, 0.15) is 43.7 Å². The molecule has 1 aromatic rings. The highest BCUT2D eigenvalue weighted by molar-refractivity contribution is 5.78. The van der Waals surface area contributed by atoms with Crippen molar-refractivity contribution < 1.29 is 14.6 Å². The third kappa shape index (κ3) is 4.03. The highest BCUT2D eigenvalue weighted by Gasteiger charge is 2.33. The molecule has 2 aliphatic rings. The third-order valence-electron chi connectivity index (χ3n) is 4.93. The monoisotopic (exact) mass is 318 g/mol. The molecule has 1 aromatic carbocycles. The lowest BCUT2D eigenvalue weighted by Gasteiger charge is -2.25. The fourth-order valence-electron chi connectivity index (χ4n) is 3.78. The lowest BCUT2D eigenvalue weighted by atomic mass is 10.0. The Labute approximate surface area is 137 Å². The zero-order chi connectivity index (χ0) is 16.2. The van der Waals surface area contributed by atoms with Crippen LogP contribution in [0.3, 0.4) is 0 Å². The Bertz CT molecular complexity index is 543. The first-order valence-electron chi connectivity index (χ1n) is 8.51. The van der Waals surface area contributed by atoms with Gasteiger partial charge in [0.25, 0.3) is 0 Å². The summed E-state index contributed by atoms with van der Waals surface area (Å²) in [7, 11) is 1.65. The maximum atomic E-state index is 12.3. The minimum Gasteiger partial charge on any atom is -0.497 e. The zero-order valence-electron chi connectivity index (χ0n) is 13.7. The van der Waals surface area contributed by atoms with Gasteiger partial charge in [0.05, 0.1) is 19.8 Å². The summed E-state index contributed by atoms with van der Waals surface area (Å²) in [4.78, 5) is 14.4. The summed E-state index contributed by atoms with van der Waals surface area (Å²) in [5, 5.41) is 13.2. The van der Waals surface area contributed by atoms with Crippen LogP contribution in [0.25, 0.3) is 0 Å². The number of methoxy groups -OCH3 is 1. The Morgan fingerprint density at radius 1 is 1.39 bits per heavy atom. The molecule has 1 amide bonds. The van der Waals surface area contributed by atoms with Crippen molar-refractivity contribution in [1.82, 2.24) is 10.2 Å². The average molecular weight is 318 g/mol. The molecule has 5 nitrogen and oxygen atoms in total. The number of aliphatic hydroxyl groups is 1. The first-order chi connectivity index (χ1) is 11.2. The van der Waals surface area contributed by atoms with Gasteiger partial charge in [0, 0.05) is 18.6 Å². The van der Waals surface area contributed by atoms with Crippen molar-refractivity contribution in [1.29, 1.82) is 0 Å². The van der Waals surface area contributed by atoms with Crippen LogP contribution in [0.5, 0.6) is 5.75 Å². The highest BCUT2D eigenvalue weighted by Crippen LogP contribution is 2.33. The van der Waals surface area contributed by atoms with Gasteiger partial charge in [-0.2, -0.15) is 0 Å². The van der Waals surface area contributed by atoms with Gasteiger partial charge in [0.15, 0.2) is 0 Å². The summed E-state index contributed by atoms with van der Waals surface area (Å²) < 4.78 is 5.29. The predicted molar refractivity (Wildman–Crippen MR) is 88.3 cm³/mol. The van der Waals surface area contributed by atoms with Crippen LogP contribution in [-0.4, -0.2) is 48.3 Å². The molecule has 1 aliphatic carbocycles. The molecule has 2 N–H and O–H groups in total. The second-order valence-corrected chi connectivity index (χ2v) is 6.66. The predicted octanol–water partition coefficient (Wildman–Crippen LogP) is 1.86. The quantitative estimate of drug-likeness (QED) is 0.870. The van der Waals surface area contributed by atoms with Crippen molar-refractivity contribution in [3.63, 3.8) is 0 Å². The number of carbonyl (C=O) groups excluding carboxylic acids is 1. The Hall–Kier alpha value is -1.59. The molecule has 2 atom stereocenters. The van der Waals surface area contributed by atoms with E-state index >= 15 is 0 Å². The molecule has 2 fully saturated rings. The number of hydrogen-bond acceptors (Lipinski definition) is 4. The summed E-state index contributed by atoms with van der Waals surface area (Å²) >= 11 is 0. The van der Waals surface area contributed by atoms with E-state index in [0.717, 1.165) is 24.2 Å². The van der Waals surface area contributed by atoms with E-state index in [2.05, 4.69) is 10.2 Å². The number of aliphatic hydroxyl groups excluding tert-OH is 1. The van der Waals surface area contributed by atoms with Crippen molar-refractivity contribution in [3.8, 4) is 5.75 Å². The van der Waals surface area contributed by atoms with E-state index in [1.807, 2.05) is 24.3 Å². The number of ether oxygens (including phenoxy) is 1. The van der Waals surface area contributed by atoms with Gasteiger partial charge in [0.2, 0.25) is 5.91 Å². The summed E-state index contributed by atoms with van der Waals surface area (Å²) in [5.74, 6) is 0.873. The van der Waals surface area contributed by atoms with Crippen molar-refractivity contribution in [2.75, 3.05) is 20.2 Å². The van der Waals surface area contributed by atoms with Crippen LogP contribution < -0.4 is 10.1 Å². The first kappa shape index (κ1) is 16.3. The molecular formula is C18H26N2O3. The normalized spacial score (nSPS) is 25.7. The minimum atomic E-state index is -0.384. The molecule has 1 saturated carbocycles. The molecule has 126 valence electrons. The van der Waals surface area contributed by atoms with Crippen LogP contribution >= 0.6 is 0 Å². The van der Waals surface area contributed by atoms with E-state index in [0.29, 0.717) is 25.6 Å². The SMILES string of the molecule is COc1cccc([C@@H]2C[C@@H](O)CN2CC(=O)NC2CCCC2)c1. The summed E-state index contributed by atoms with van der Waals surface area (Å²) in [6.07, 6.45) is 4.87. The second-order valence-electron chi connectivity index (χ2n) is 6.66. The summed E-state index contributed by atoms with van der Waals surface area (Å²) in [6.45, 7) is 0.884. The highest BCUT2D eigenvalue weighted by atomic mass is 16.5. The molecule has 5 heteroatoms. The largest absolute Gasteiger partial charge is 0.497 e. The van der Waals surface area contributed by atoms with Gasteiger partial charge in [0.1, 0.15) is 5.75 Å². The van der Waals surface area contributed by atoms with Crippen LogP contribution in [0.15, 0.2) is 24.3 Å². The lowest BCUT2D eigenvalue weighted by molar-refractivity contribution is -0.123. The molecule has 23 heavy (non-hydrogen) atoms. The standard InChI is InChI=1S/C18H26N2O3/c1-23-16-8-4-5-13(9-16)17-10-15(21)11-20(17)12-18(22)19-14-6-2-3-7-14/h4-5,8-9,14-15,17,21H,2-3,6-7,10-12H2,1H3,(H,19,22)/t15-,17+/m1/s1. The molecule has 0 aromatic heterocycles. The number of amides is 1. The average Bonchev–Trinajstić information content (AvgIpc) is 3.17. The number of nitrogens with zero attached hydrogens (tertiary/aromatic N) is 1. The molecule has 0 spiro atoms. The second kappa shape index (κ2) is 7.32. The van der Waals surface area contributed by atoms with Gasteiger partial charge in [-0.25, -0.2) is 0 Å². The van der Waals surface area contributed by atoms with Crippen molar-refractivity contribution in [2.24, 2.45) is 0 Å². The van der Waals surface area contributed by atoms with Gasteiger partial charge >= 0.3 is 0 Å². The molecule has 1 aliphatic heterocycles. The van der Waals surface area contributed by atoms with E-state index in [4.69, 9.17) is 4.74 Å². The number of β-amino-alcohol motifs (C(OH)–C–C–N with tert-alkyl or cyclic N) is 1. The van der Waals surface area contributed by atoms with Crippen LogP contribution in [-0.2, 0) is 4.79 Å².